The highest BCUT2D eigenvalue weighted by molar-refractivity contribution is 7.19. The lowest BCUT2D eigenvalue weighted by Crippen LogP contribution is -2.29. The lowest BCUT2D eigenvalue weighted by Gasteiger charge is -2.30. The topological polar surface area (TPSA) is 12.0 Å². The minimum Gasteiger partial charge on any atom is -0.319 e. The van der Waals surface area contributed by atoms with Crippen molar-refractivity contribution in [3.05, 3.63) is 35.0 Å². The first-order valence-corrected chi connectivity index (χ1v) is 8.41. The number of thiophene rings is 1. The Bertz CT molecular complexity index is 635. The first kappa shape index (κ1) is 12.8. The van der Waals surface area contributed by atoms with Crippen LogP contribution in [0.15, 0.2) is 24.3 Å². The minimum absolute atomic E-state index is 0.120. The van der Waals surface area contributed by atoms with E-state index in [2.05, 4.69) is 18.4 Å². The number of hydrogen-bond donors (Lipinski definition) is 1. The second kappa shape index (κ2) is 4.81. The van der Waals surface area contributed by atoms with Gasteiger partial charge in [-0.15, -0.1) is 11.3 Å². The van der Waals surface area contributed by atoms with Crippen molar-refractivity contribution >= 4 is 21.4 Å². The molecule has 0 aliphatic heterocycles. The van der Waals surface area contributed by atoms with Gasteiger partial charge in [-0.2, -0.15) is 0 Å². The van der Waals surface area contributed by atoms with E-state index < -0.39 is 0 Å². The van der Waals surface area contributed by atoms with E-state index >= 15 is 0 Å². The summed E-state index contributed by atoms with van der Waals surface area (Å²) in [5, 5.41) is 4.59. The number of fused-ring (bicyclic) bond motifs is 3. The summed E-state index contributed by atoms with van der Waals surface area (Å²) in [5.74, 6) is 3.11. The summed E-state index contributed by atoms with van der Waals surface area (Å²) in [6, 6.07) is 7.49. The van der Waals surface area contributed by atoms with Crippen LogP contribution >= 0.6 is 11.3 Å². The van der Waals surface area contributed by atoms with Crippen LogP contribution in [0.4, 0.5) is 4.39 Å². The Balaban J connectivity index is 1.73. The Morgan fingerprint density at radius 3 is 2.95 bits per heavy atom. The fourth-order valence-electron chi connectivity index (χ4n) is 4.57. The smallest absolute Gasteiger partial charge is 0.124 e. The highest BCUT2D eigenvalue weighted by Crippen LogP contribution is 2.57. The number of rotatable bonds is 3. The van der Waals surface area contributed by atoms with Crippen molar-refractivity contribution < 1.29 is 4.39 Å². The van der Waals surface area contributed by atoms with Crippen LogP contribution in [0.2, 0.25) is 0 Å². The molecule has 1 aromatic carbocycles. The maximum absolute atomic E-state index is 13.4. The zero-order chi connectivity index (χ0) is 13.7. The van der Waals surface area contributed by atoms with E-state index in [0.717, 1.165) is 29.0 Å². The molecule has 2 bridgehead atoms. The van der Waals surface area contributed by atoms with Gasteiger partial charge in [-0.25, -0.2) is 4.39 Å². The molecule has 4 rings (SSSR count). The van der Waals surface area contributed by atoms with E-state index in [1.165, 1.54) is 29.5 Å². The van der Waals surface area contributed by atoms with Crippen molar-refractivity contribution in [3.8, 4) is 0 Å². The summed E-state index contributed by atoms with van der Waals surface area (Å²) in [7, 11) is 2.06. The zero-order valence-corrected chi connectivity index (χ0v) is 12.5. The summed E-state index contributed by atoms with van der Waals surface area (Å²) < 4.78 is 14.5. The molecule has 20 heavy (non-hydrogen) atoms. The number of halogens is 1. The van der Waals surface area contributed by atoms with Crippen LogP contribution in [0, 0.1) is 23.6 Å². The molecular formula is C17H20FNS. The zero-order valence-electron chi connectivity index (χ0n) is 11.7. The van der Waals surface area contributed by atoms with Gasteiger partial charge in [0.05, 0.1) is 0 Å². The molecule has 2 aliphatic carbocycles. The van der Waals surface area contributed by atoms with Crippen LogP contribution in [0.5, 0.6) is 0 Å². The SMILES string of the molecule is CNC[C@H]1[C@H]2CC[C@H](C2)[C@H]1c1cc2ccc(F)cc2s1. The molecule has 0 amide bonds. The molecule has 2 fully saturated rings. The first-order chi connectivity index (χ1) is 9.76. The Labute approximate surface area is 123 Å². The van der Waals surface area contributed by atoms with Crippen LogP contribution in [0.25, 0.3) is 10.1 Å². The largest absolute Gasteiger partial charge is 0.319 e. The molecule has 0 spiro atoms. The van der Waals surface area contributed by atoms with Gasteiger partial charge in [0, 0.05) is 15.5 Å². The van der Waals surface area contributed by atoms with Crippen molar-refractivity contribution in [2.24, 2.45) is 17.8 Å². The van der Waals surface area contributed by atoms with Gasteiger partial charge in [0.2, 0.25) is 0 Å². The maximum Gasteiger partial charge on any atom is 0.124 e. The molecule has 2 aromatic rings. The van der Waals surface area contributed by atoms with Gasteiger partial charge in [-0.05, 0) is 74.2 Å². The molecule has 1 nitrogen and oxygen atoms in total. The monoisotopic (exact) mass is 289 g/mol. The predicted molar refractivity (Wildman–Crippen MR) is 82.8 cm³/mol. The second-order valence-corrected chi connectivity index (χ2v) is 7.53. The number of benzene rings is 1. The van der Waals surface area contributed by atoms with Gasteiger partial charge in [-0.3, -0.25) is 0 Å². The van der Waals surface area contributed by atoms with Crippen LogP contribution < -0.4 is 5.32 Å². The lowest BCUT2D eigenvalue weighted by molar-refractivity contribution is 0.285. The van der Waals surface area contributed by atoms with E-state index in [1.807, 2.05) is 17.4 Å². The minimum atomic E-state index is -0.120. The first-order valence-electron chi connectivity index (χ1n) is 7.60. The third-order valence-corrected chi connectivity index (χ3v) is 6.56. The van der Waals surface area contributed by atoms with Gasteiger partial charge >= 0.3 is 0 Å². The van der Waals surface area contributed by atoms with Crippen LogP contribution in [0.1, 0.15) is 30.1 Å². The average molecular weight is 289 g/mol. The van der Waals surface area contributed by atoms with E-state index in [4.69, 9.17) is 0 Å². The van der Waals surface area contributed by atoms with Crippen LogP contribution in [0.3, 0.4) is 0 Å². The second-order valence-electron chi connectivity index (χ2n) is 6.41. The quantitative estimate of drug-likeness (QED) is 0.883. The summed E-state index contributed by atoms with van der Waals surface area (Å²) in [5.41, 5.74) is 0. The molecule has 2 aliphatic rings. The fraction of sp³-hybridized carbons (Fsp3) is 0.529. The van der Waals surface area contributed by atoms with Gasteiger partial charge in [0.15, 0.2) is 0 Å². The highest BCUT2D eigenvalue weighted by atomic mass is 32.1. The van der Waals surface area contributed by atoms with E-state index in [-0.39, 0.29) is 5.82 Å². The van der Waals surface area contributed by atoms with E-state index in [9.17, 15) is 4.39 Å². The standard InChI is InChI=1S/C17H20FNS/c1-19-9-14-10-2-3-12(6-10)17(14)16-7-11-4-5-13(18)8-15(11)20-16/h4-5,7-8,10,12,14,17,19H,2-3,6,9H2,1H3/t10-,12+,14-,17+/m0/s1. The molecule has 1 N–H and O–H groups in total. The third-order valence-electron chi connectivity index (χ3n) is 5.36. The Morgan fingerprint density at radius 1 is 1.25 bits per heavy atom. The summed E-state index contributed by atoms with van der Waals surface area (Å²) in [6.45, 7) is 1.12. The van der Waals surface area contributed by atoms with Gasteiger partial charge in [0.25, 0.3) is 0 Å². The molecule has 106 valence electrons. The summed E-state index contributed by atoms with van der Waals surface area (Å²) >= 11 is 1.81. The molecule has 0 radical (unpaired) electrons. The van der Waals surface area contributed by atoms with Crippen molar-refractivity contribution in [1.29, 1.82) is 0 Å². The Hall–Kier alpha value is -0.930. The van der Waals surface area contributed by atoms with E-state index in [1.54, 1.807) is 12.1 Å². The van der Waals surface area contributed by atoms with Crippen molar-refractivity contribution in [3.63, 3.8) is 0 Å². The fourth-order valence-corrected chi connectivity index (χ4v) is 5.93. The predicted octanol–water partition coefficient (Wildman–Crippen LogP) is 4.39. The third kappa shape index (κ3) is 1.91. The van der Waals surface area contributed by atoms with Crippen LogP contribution in [-0.2, 0) is 0 Å². The maximum atomic E-state index is 13.4. The average Bonchev–Trinajstić information content (AvgIpc) is 3.11. The normalized spacial score (nSPS) is 32.3. The van der Waals surface area contributed by atoms with Gasteiger partial charge in [-0.1, -0.05) is 6.07 Å². The Morgan fingerprint density at radius 2 is 2.10 bits per heavy atom. The lowest BCUT2D eigenvalue weighted by atomic mass is 9.78. The van der Waals surface area contributed by atoms with Gasteiger partial charge < -0.3 is 5.32 Å². The highest BCUT2D eigenvalue weighted by Gasteiger charge is 2.48. The van der Waals surface area contributed by atoms with Gasteiger partial charge in [0.1, 0.15) is 5.82 Å². The molecule has 1 aromatic heterocycles. The van der Waals surface area contributed by atoms with Crippen LogP contribution in [-0.4, -0.2) is 13.6 Å². The van der Waals surface area contributed by atoms with Crippen molar-refractivity contribution in [2.75, 3.05) is 13.6 Å². The molecule has 1 heterocycles. The summed E-state index contributed by atoms with van der Waals surface area (Å²) in [6.07, 6.45) is 4.20. The molecular weight excluding hydrogens is 269 g/mol. The van der Waals surface area contributed by atoms with E-state index in [0.29, 0.717) is 5.92 Å². The number of nitrogens with one attached hydrogen (secondary N) is 1. The van der Waals surface area contributed by atoms with Crippen molar-refractivity contribution in [1.82, 2.24) is 5.32 Å². The van der Waals surface area contributed by atoms with Crippen molar-refractivity contribution in [2.45, 2.75) is 25.2 Å². The number of hydrogen-bond acceptors (Lipinski definition) is 2. The molecule has 3 heteroatoms. The summed E-state index contributed by atoms with van der Waals surface area (Å²) in [4.78, 5) is 1.48. The molecule has 0 unspecified atom stereocenters. The molecule has 2 saturated carbocycles. The Kier molecular flexibility index (Phi) is 3.08. The molecule has 0 saturated heterocycles. The molecule has 4 atom stereocenters.